The predicted molar refractivity (Wildman–Crippen MR) is 62.3 cm³/mol. The third-order valence-corrected chi connectivity index (χ3v) is 2.87. The molecule has 1 nitrogen and oxygen atoms in total. The molecule has 0 aliphatic carbocycles. The van der Waals surface area contributed by atoms with Crippen molar-refractivity contribution in [1.29, 1.82) is 0 Å². The fraction of sp³-hybridized carbons (Fsp3) is 0.400. The van der Waals surface area contributed by atoms with E-state index in [1.807, 2.05) is 19.1 Å². The summed E-state index contributed by atoms with van der Waals surface area (Å²) in [5.74, 6) is 0. The molecular formula is C10H12Br2O. The molecule has 0 fully saturated rings. The first-order valence-corrected chi connectivity index (χ1v) is 6.12. The van der Waals surface area contributed by atoms with Crippen molar-refractivity contribution in [2.75, 3.05) is 11.9 Å². The van der Waals surface area contributed by atoms with Gasteiger partial charge in [-0.15, -0.1) is 0 Å². The third kappa shape index (κ3) is 3.41. The van der Waals surface area contributed by atoms with Gasteiger partial charge in [0.05, 0.1) is 6.10 Å². The summed E-state index contributed by atoms with van der Waals surface area (Å²) >= 11 is 6.84. The molecular weight excluding hydrogens is 296 g/mol. The zero-order valence-corrected chi connectivity index (χ0v) is 10.6. The number of hydrogen-bond acceptors (Lipinski definition) is 1. The van der Waals surface area contributed by atoms with Gasteiger partial charge in [-0.05, 0) is 24.6 Å². The average Bonchev–Trinajstić information content (AvgIpc) is 2.16. The van der Waals surface area contributed by atoms with Crippen LogP contribution in [0.5, 0.6) is 0 Å². The maximum absolute atomic E-state index is 5.55. The van der Waals surface area contributed by atoms with Gasteiger partial charge in [0.25, 0.3) is 0 Å². The summed E-state index contributed by atoms with van der Waals surface area (Å²) in [6, 6.07) is 8.21. The van der Waals surface area contributed by atoms with Gasteiger partial charge in [-0.25, -0.2) is 0 Å². The Morgan fingerprint density at radius 1 is 1.31 bits per heavy atom. The van der Waals surface area contributed by atoms with Gasteiger partial charge in [0.1, 0.15) is 0 Å². The van der Waals surface area contributed by atoms with E-state index in [1.54, 1.807) is 0 Å². The first kappa shape index (κ1) is 11.2. The minimum Gasteiger partial charge on any atom is -0.373 e. The highest BCUT2D eigenvalue weighted by Gasteiger charge is 2.08. The number of benzene rings is 1. The Labute approximate surface area is 95.7 Å². The second-order valence-corrected chi connectivity index (χ2v) is 4.21. The maximum Gasteiger partial charge on any atom is 0.0921 e. The molecule has 0 amide bonds. The summed E-state index contributed by atoms with van der Waals surface area (Å²) in [7, 11) is 0. The summed E-state index contributed by atoms with van der Waals surface area (Å²) in [6.45, 7) is 2.75. The Balaban J connectivity index is 2.73. The van der Waals surface area contributed by atoms with E-state index in [9.17, 15) is 0 Å². The fourth-order valence-corrected chi connectivity index (χ4v) is 1.93. The Hall–Kier alpha value is 0.140. The molecule has 1 rings (SSSR count). The number of alkyl halides is 1. The summed E-state index contributed by atoms with van der Waals surface area (Å²) in [6.07, 6.45) is 0.165. The maximum atomic E-state index is 5.55. The van der Waals surface area contributed by atoms with Crippen LogP contribution in [0.1, 0.15) is 18.6 Å². The Kier molecular flexibility index (Phi) is 4.99. The van der Waals surface area contributed by atoms with Crippen LogP contribution in [-0.4, -0.2) is 11.9 Å². The topological polar surface area (TPSA) is 9.23 Å². The van der Waals surface area contributed by atoms with Crippen LogP contribution in [0.15, 0.2) is 28.7 Å². The lowest BCUT2D eigenvalue weighted by atomic mass is 10.1. The second-order valence-electron chi connectivity index (χ2n) is 2.65. The molecule has 0 saturated heterocycles. The van der Waals surface area contributed by atoms with E-state index < -0.39 is 0 Å². The molecule has 1 atom stereocenters. The molecule has 72 valence electrons. The molecule has 0 aliphatic heterocycles. The normalized spacial score (nSPS) is 12.8. The summed E-state index contributed by atoms with van der Waals surface area (Å²) < 4.78 is 6.65. The predicted octanol–water partition coefficient (Wildman–Crippen LogP) is 3.92. The quantitative estimate of drug-likeness (QED) is 0.766. The molecule has 1 aromatic rings. The molecule has 1 unspecified atom stereocenters. The molecule has 0 heterocycles. The molecule has 0 saturated carbocycles. The molecule has 0 aromatic heterocycles. The van der Waals surface area contributed by atoms with Crippen LogP contribution < -0.4 is 0 Å². The molecule has 0 bridgehead atoms. The highest BCUT2D eigenvalue weighted by Crippen LogP contribution is 2.21. The second kappa shape index (κ2) is 5.78. The van der Waals surface area contributed by atoms with Crippen LogP contribution in [0, 0.1) is 0 Å². The van der Waals surface area contributed by atoms with Crippen molar-refractivity contribution in [1.82, 2.24) is 0 Å². The van der Waals surface area contributed by atoms with E-state index in [4.69, 9.17) is 4.74 Å². The molecule has 0 N–H and O–H groups in total. The highest BCUT2D eigenvalue weighted by molar-refractivity contribution is 9.10. The van der Waals surface area contributed by atoms with Gasteiger partial charge in [0.2, 0.25) is 0 Å². The number of ether oxygens (including phenoxy) is 1. The van der Waals surface area contributed by atoms with E-state index in [1.165, 1.54) is 5.56 Å². The summed E-state index contributed by atoms with van der Waals surface area (Å²) in [5, 5.41) is 0.836. The minimum absolute atomic E-state index is 0.165. The molecule has 0 radical (unpaired) electrons. The van der Waals surface area contributed by atoms with E-state index in [0.29, 0.717) is 0 Å². The zero-order valence-electron chi connectivity index (χ0n) is 7.47. The Morgan fingerprint density at radius 3 is 2.38 bits per heavy atom. The fourth-order valence-electron chi connectivity index (χ4n) is 1.11. The Bertz CT molecular complexity index is 246. The van der Waals surface area contributed by atoms with Gasteiger partial charge in [-0.2, -0.15) is 0 Å². The average molecular weight is 308 g/mol. The number of halogens is 2. The van der Waals surface area contributed by atoms with E-state index in [-0.39, 0.29) is 6.10 Å². The highest BCUT2D eigenvalue weighted by atomic mass is 79.9. The lowest BCUT2D eigenvalue weighted by Crippen LogP contribution is -2.05. The lowest BCUT2D eigenvalue weighted by molar-refractivity contribution is 0.0807. The van der Waals surface area contributed by atoms with E-state index >= 15 is 0 Å². The van der Waals surface area contributed by atoms with Crippen LogP contribution in [0.2, 0.25) is 0 Å². The third-order valence-electron chi connectivity index (χ3n) is 1.75. The van der Waals surface area contributed by atoms with Crippen molar-refractivity contribution < 1.29 is 4.74 Å². The SMILES string of the molecule is CCOC(CBr)c1ccc(Br)cc1. The van der Waals surface area contributed by atoms with Crippen LogP contribution in [0.3, 0.4) is 0 Å². The van der Waals surface area contributed by atoms with E-state index in [0.717, 1.165) is 16.4 Å². The van der Waals surface area contributed by atoms with Crippen molar-refractivity contribution in [2.24, 2.45) is 0 Å². The van der Waals surface area contributed by atoms with Gasteiger partial charge < -0.3 is 4.74 Å². The summed E-state index contributed by atoms with van der Waals surface area (Å²) in [5.41, 5.74) is 1.21. The van der Waals surface area contributed by atoms with Crippen molar-refractivity contribution >= 4 is 31.9 Å². The minimum atomic E-state index is 0.165. The van der Waals surface area contributed by atoms with Gasteiger partial charge in [0, 0.05) is 16.4 Å². The zero-order chi connectivity index (χ0) is 9.68. The lowest BCUT2D eigenvalue weighted by Gasteiger charge is -2.14. The van der Waals surface area contributed by atoms with Gasteiger partial charge in [-0.1, -0.05) is 44.0 Å². The molecule has 1 aromatic carbocycles. The van der Waals surface area contributed by atoms with Crippen molar-refractivity contribution in [3.63, 3.8) is 0 Å². The first-order chi connectivity index (χ1) is 6.27. The van der Waals surface area contributed by atoms with Crippen LogP contribution >= 0.6 is 31.9 Å². The van der Waals surface area contributed by atoms with Crippen molar-refractivity contribution in [3.8, 4) is 0 Å². The number of rotatable bonds is 4. The van der Waals surface area contributed by atoms with Crippen molar-refractivity contribution in [2.45, 2.75) is 13.0 Å². The largest absolute Gasteiger partial charge is 0.373 e. The molecule has 3 heteroatoms. The first-order valence-electron chi connectivity index (χ1n) is 4.21. The van der Waals surface area contributed by atoms with E-state index in [2.05, 4.69) is 44.0 Å². The van der Waals surface area contributed by atoms with Gasteiger partial charge in [0.15, 0.2) is 0 Å². The van der Waals surface area contributed by atoms with Crippen LogP contribution in [0.4, 0.5) is 0 Å². The van der Waals surface area contributed by atoms with Crippen LogP contribution in [0.25, 0.3) is 0 Å². The smallest absolute Gasteiger partial charge is 0.0921 e. The number of hydrogen-bond donors (Lipinski definition) is 0. The standard InChI is InChI=1S/C10H12Br2O/c1-2-13-10(7-11)8-3-5-9(12)6-4-8/h3-6,10H,2,7H2,1H3. The van der Waals surface area contributed by atoms with Crippen LogP contribution in [-0.2, 0) is 4.74 Å². The molecule has 13 heavy (non-hydrogen) atoms. The molecule has 0 aliphatic rings. The van der Waals surface area contributed by atoms with Crippen molar-refractivity contribution in [3.05, 3.63) is 34.3 Å². The summed E-state index contributed by atoms with van der Waals surface area (Å²) in [4.78, 5) is 0. The van der Waals surface area contributed by atoms with Gasteiger partial charge >= 0.3 is 0 Å². The monoisotopic (exact) mass is 306 g/mol. The Morgan fingerprint density at radius 2 is 1.92 bits per heavy atom. The molecule has 0 spiro atoms. The van der Waals surface area contributed by atoms with Gasteiger partial charge in [-0.3, -0.25) is 0 Å².